The number of rotatable bonds is 7. The lowest BCUT2D eigenvalue weighted by molar-refractivity contribution is -0.141. The lowest BCUT2D eigenvalue weighted by Gasteiger charge is -2.30. The molecule has 5 atom stereocenters. The molecule has 7 rings (SSSR count). The van der Waals surface area contributed by atoms with Gasteiger partial charge < -0.3 is 25.0 Å². The third kappa shape index (κ3) is 8.98. The first kappa shape index (κ1) is 40.3. The number of allylic oxidation sites excluding steroid dienone is 1. The zero-order chi connectivity index (χ0) is 40.6. The fourth-order valence-corrected chi connectivity index (χ4v) is 9.90. The molecule has 3 fully saturated rings. The van der Waals surface area contributed by atoms with E-state index in [-0.39, 0.29) is 32.2 Å². The predicted octanol–water partition coefficient (Wildman–Crippen LogP) is 4.62. The van der Waals surface area contributed by atoms with Gasteiger partial charge in [0, 0.05) is 25.4 Å². The van der Waals surface area contributed by atoms with Crippen molar-refractivity contribution in [1.29, 1.82) is 0 Å². The van der Waals surface area contributed by atoms with Gasteiger partial charge in [-0.25, -0.2) is 18.0 Å². The molecule has 2 aromatic carbocycles. The van der Waals surface area contributed by atoms with Crippen LogP contribution in [0.5, 0.6) is 0 Å². The van der Waals surface area contributed by atoms with Crippen molar-refractivity contribution < 1.29 is 41.9 Å². The third-order valence-electron chi connectivity index (χ3n) is 11.7. The van der Waals surface area contributed by atoms with Gasteiger partial charge in [0.05, 0.1) is 11.3 Å². The summed E-state index contributed by atoms with van der Waals surface area (Å²) in [5, 5.41) is 5.59. The lowest BCUT2D eigenvalue weighted by atomic mass is 10.0. The maximum Gasteiger partial charge on any atom is 0.410 e. The summed E-state index contributed by atoms with van der Waals surface area (Å²) in [5.74, 6) is -2.55. The van der Waals surface area contributed by atoms with Crippen molar-refractivity contribution in [2.75, 3.05) is 6.54 Å². The van der Waals surface area contributed by atoms with Crippen molar-refractivity contribution in [2.45, 2.75) is 132 Å². The van der Waals surface area contributed by atoms with Crippen molar-refractivity contribution in [3.63, 3.8) is 0 Å². The normalized spacial score (nSPS) is 27.1. The Hall–Kier alpha value is -4.92. The Morgan fingerprint density at radius 3 is 2.30 bits per heavy atom. The van der Waals surface area contributed by atoms with Crippen LogP contribution in [0.25, 0.3) is 0 Å². The van der Waals surface area contributed by atoms with E-state index in [0.717, 1.165) is 29.5 Å². The Labute approximate surface area is 334 Å². The smallest absolute Gasteiger partial charge is 0.410 e. The molecule has 306 valence electrons. The van der Waals surface area contributed by atoms with Crippen LogP contribution in [-0.2, 0) is 53.4 Å². The second-order valence-corrected chi connectivity index (χ2v) is 19.3. The SMILES string of the molecule is CC(C)(C)OC(=O)N[C@@H]1CCCCCC=C[C@@H]2C[C@@]2(C(=O)NS(=O)(=O)C2(Cc3ccccc3)CC2)NC(=O)[C@@H]2C[C@@H](OC(=O)N3Cc4ccccc4C3)CN2C1=O. The van der Waals surface area contributed by atoms with Crippen LogP contribution in [-0.4, -0.2) is 88.7 Å². The highest BCUT2D eigenvalue weighted by atomic mass is 32.2. The van der Waals surface area contributed by atoms with Crippen LogP contribution in [0.2, 0.25) is 0 Å². The first-order valence-electron chi connectivity index (χ1n) is 20.0. The summed E-state index contributed by atoms with van der Waals surface area (Å²) in [6.07, 6.45) is 5.73. The average Bonchev–Trinajstić information content (AvgIpc) is 3.97. The maximum absolute atomic E-state index is 14.5. The van der Waals surface area contributed by atoms with Crippen LogP contribution < -0.4 is 15.4 Å². The van der Waals surface area contributed by atoms with Gasteiger partial charge >= 0.3 is 12.2 Å². The van der Waals surface area contributed by atoms with Gasteiger partial charge in [-0.3, -0.25) is 24.0 Å². The maximum atomic E-state index is 14.5. The number of benzene rings is 2. The van der Waals surface area contributed by atoms with Gasteiger partial charge in [-0.15, -0.1) is 0 Å². The van der Waals surface area contributed by atoms with Crippen LogP contribution >= 0.6 is 0 Å². The third-order valence-corrected chi connectivity index (χ3v) is 13.8. The van der Waals surface area contributed by atoms with Gasteiger partial charge in [-0.1, -0.05) is 79.6 Å². The second-order valence-electron chi connectivity index (χ2n) is 17.2. The van der Waals surface area contributed by atoms with Crippen molar-refractivity contribution in [3.05, 3.63) is 83.4 Å². The van der Waals surface area contributed by atoms with E-state index in [4.69, 9.17) is 9.47 Å². The number of hydrogen-bond acceptors (Lipinski definition) is 9. The van der Waals surface area contributed by atoms with Crippen molar-refractivity contribution in [2.24, 2.45) is 5.92 Å². The van der Waals surface area contributed by atoms with E-state index >= 15 is 0 Å². The number of nitrogens with zero attached hydrogens (tertiary/aromatic N) is 2. The zero-order valence-corrected chi connectivity index (χ0v) is 33.6. The molecule has 0 bridgehead atoms. The summed E-state index contributed by atoms with van der Waals surface area (Å²) in [7, 11) is -4.15. The Morgan fingerprint density at radius 1 is 0.947 bits per heavy atom. The Morgan fingerprint density at radius 2 is 1.63 bits per heavy atom. The van der Waals surface area contributed by atoms with Gasteiger partial charge in [0.1, 0.15) is 29.3 Å². The van der Waals surface area contributed by atoms with Crippen LogP contribution in [0.15, 0.2) is 66.7 Å². The first-order valence-corrected chi connectivity index (χ1v) is 21.5. The molecule has 3 aliphatic heterocycles. The molecule has 0 spiro atoms. The minimum Gasteiger partial charge on any atom is -0.444 e. The van der Waals surface area contributed by atoms with Gasteiger partial charge in [0.2, 0.25) is 21.8 Å². The van der Waals surface area contributed by atoms with Gasteiger partial charge in [-0.05, 0) is 82.4 Å². The highest BCUT2D eigenvalue weighted by molar-refractivity contribution is 7.91. The van der Waals surface area contributed by atoms with Crippen LogP contribution in [0.3, 0.4) is 0 Å². The number of fused-ring (bicyclic) bond motifs is 3. The molecule has 0 unspecified atom stereocenters. The average molecular weight is 804 g/mol. The molecule has 14 nitrogen and oxygen atoms in total. The minimum atomic E-state index is -4.15. The predicted molar refractivity (Wildman–Crippen MR) is 210 cm³/mol. The largest absolute Gasteiger partial charge is 0.444 e. The summed E-state index contributed by atoms with van der Waals surface area (Å²) in [5.41, 5.74) is 0.447. The van der Waals surface area contributed by atoms with E-state index in [0.29, 0.717) is 38.8 Å². The quantitative estimate of drug-likeness (QED) is 0.337. The summed E-state index contributed by atoms with van der Waals surface area (Å²) in [6.45, 7) is 5.74. The van der Waals surface area contributed by atoms with Crippen molar-refractivity contribution in [1.82, 2.24) is 25.2 Å². The summed E-state index contributed by atoms with van der Waals surface area (Å²) < 4.78 is 40.4. The van der Waals surface area contributed by atoms with Crippen molar-refractivity contribution >= 4 is 39.9 Å². The fourth-order valence-electron chi connectivity index (χ4n) is 8.26. The fraction of sp³-hybridized carbons (Fsp3) is 0.548. The number of sulfonamides is 1. The minimum absolute atomic E-state index is 0.0695. The lowest BCUT2D eigenvalue weighted by Crippen LogP contribution is -2.59. The van der Waals surface area contributed by atoms with E-state index in [9.17, 15) is 32.4 Å². The number of ether oxygens (including phenoxy) is 2. The van der Waals surface area contributed by atoms with Crippen molar-refractivity contribution in [3.8, 4) is 0 Å². The van der Waals surface area contributed by atoms with Crippen LogP contribution in [0.1, 0.15) is 95.2 Å². The number of carbonyl (C=O) groups excluding carboxylic acids is 5. The van der Waals surface area contributed by atoms with E-state index in [2.05, 4.69) is 15.4 Å². The summed E-state index contributed by atoms with van der Waals surface area (Å²) in [4.78, 5) is 72.4. The molecule has 5 amide bonds. The molecule has 57 heavy (non-hydrogen) atoms. The van der Waals surface area contributed by atoms with Gasteiger partial charge in [-0.2, -0.15) is 0 Å². The Kier molecular flexibility index (Phi) is 11.2. The van der Waals surface area contributed by atoms with Gasteiger partial charge in [0.25, 0.3) is 5.91 Å². The Balaban J connectivity index is 1.13. The monoisotopic (exact) mass is 803 g/mol. The highest BCUT2D eigenvalue weighted by Crippen LogP contribution is 2.49. The van der Waals surface area contributed by atoms with Gasteiger partial charge in [0.15, 0.2) is 0 Å². The van der Waals surface area contributed by atoms with Crippen LogP contribution in [0.4, 0.5) is 9.59 Å². The highest BCUT2D eigenvalue weighted by Gasteiger charge is 2.64. The number of amides is 5. The first-order chi connectivity index (χ1) is 27.1. The zero-order valence-electron chi connectivity index (χ0n) is 32.8. The second kappa shape index (κ2) is 15.8. The number of carbonyl (C=O) groups is 5. The molecule has 1 saturated heterocycles. The standard InChI is InChI=1S/C42H53N5O9S/c1-40(2,3)56-38(51)43-33-19-11-6-4-5-10-18-31-24-42(31,37(50)45-57(53,54)41(20-21-41)23-28-14-8-7-9-15-28)44-35(48)34-22-32(27-47(34)36(33)49)55-39(52)46-25-29-16-12-13-17-30(29)26-46/h7-10,12-18,31-34H,4-6,11,19-27H2,1-3H3,(H,43,51)(H,44,48)(H,45,50)/t31-,32-,33-,34+,42-/m1/s1. The molecule has 0 radical (unpaired) electrons. The Bertz CT molecular complexity index is 2000. The molecule has 2 aromatic rings. The van der Waals surface area contributed by atoms with Crippen LogP contribution in [0, 0.1) is 5.92 Å². The molecular weight excluding hydrogens is 751 g/mol. The van der Waals surface area contributed by atoms with E-state index in [1.807, 2.05) is 66.7 Å². The molecule has 3 N–H and O–H groups in total. The summed E-state index contributed by atoms with van der Waals surface area (Å²) in [6, 6.07) is 14.7. The number of alkyl carbamates (subject to hydrolysis) is 1. The molecule has 3 heterocycles. The molecule has 2 aliphatic carbocycles. The topological polar surface area (TPSA) is 181 Å². The number of nitrogens with one attached hydrogen (secondary N) is 3. The molecule has 0 aromatic heterocycles. The number of hydrogen-bond donors (Lipinski definition) is 3. The summed E-state index contributed by atoms with van der Waals surface area (Å²) >= 11 is 0. The van der Waals surface area contributed by atoms with E-state index in [1.54, 1.807) is 25.7 Å². The molecule has 5 aliphatic rings. The van der Waals surface area contributed by atoms with E-state index < -0.39 is 79.9 Å². The molecular formula is C42H53N5O9S. The van der Waals surface area contributed by atoms with E-state index in [1.165, 1.54) is 4.90 Å². The molecule has 15 heteroatoms. The molecule has 2 saturated carbocycles.